The quantitative estimate of drug-likeness (QED) is 0.500. The van der Waals surface area contributed by atoms with Crippen molar-refractivity contribution in [1.29, 1.82) is 0 Å². The topological polar surface area (TPSA) is 64.6 Å². The van der Waals surface area contributed by atoms with Crippen molar-refractivity contribution in [3.05, 3.63) is 64.7 Å². The van der Waals surface area contributed by atoms with Gasteiger partial charge in [-0.1, -0.05) is 41.9 Å². The van der Waals surface area contributed by atoms with Gasteiger partial charge < -0.3 is 14.8 Å². The molecular formula is C22H24ClNO4. The minimum absolute atomic E-state index is 0.173. The second kappa shape index (κ2) is 9.60. The smallest absolute Gasteiger partial charge is 0.307 e. The summed E-state index contributed by atoms with van der Waals surface area (Å²) < 4.78 is 11.1. The fourth-order valence-electron chi connectivity index (χ4n) is 2.71. The van der Waals surface area contributed by atoms with Gasteiger partial charge in [0.15, 0.2) is 0 Å². The summed E-state index contributed by atoms with van der Waals surface area (Å²) in [5.74, 6) is 0.0202. The van der Waals surface area contributed by atoms with Gasteiger partial charge in [0.1, 0.15) is 5.75 Å². The molecular weight excluding hydrogens is 378 g/mol. The Hall–Kier alpha value is -2.53. The molecule has 0 unspecified atom stereocenters. The van der Waals surface area contributed by atoms with E-state index in [1.54, 1.807) is 24.3 Å². The molecule has 1 fully saturated rings. The average Bonchev–Trinajstić information content (AvgIpc) is 3.50. The van der Waals surface area contributed by atoms with E-state index in [1.807, 2.05) is 31.2 Å². The molecule has 1 saturated carbocycles. The predicted octanol–water partition coefficient (Wildman–Crippen LogP) is 4.37. The van der Waals surface area contributed by atoms with Crippen LogP contribution in [0, 0.1) is 6.92 Å². The monoisotopic (exact) mass is 401 g/mol. The summed E-state index contributed by atoms with van der Waals surface area (Å²) >= 11 is 5.99. The number of halogens is 1. The van der Waals surface area contributed by atoms with Crippen molar-refractivity contribution in [2.24, 2.45) is 0 Å². The third-order valence-corrected chi connectivity index (χ3v) is 4.86. The lowest BCUT2D eigenvalue weighted by atomic mass is 10.1. The molecule has 1 atom stereocenters. The average molecular weight is 402 g/mol. The second-order valence-corrected chi connectivity index (χ2v) is 7.33. The van der Waals surface area contributed by atoms with E-state index >= 15 is 0 Å². The number of nitrogens with one attached hydrogen (secondary N) is 1. The first-order valence-corrected chi connectivity index (χ1v) is 9.84. The van der Waals surface area contributed by atoms with Crippen LogP contribution in [0.4, 0.5) is 0 Å². The number of ether oxygens (including phenoxy) is 2. The summed E-state index contributed by atoms with van der Waals surface area (Å²) in [6.07, 6.45) is 1.69. The fraction of sp³-hybridized carbons (Fsp3) is 0.364. The van der Waals surface area contributed by atoms with E-state index in [-0.39, 0.29) is 18.4 Å². The van der Waals surface area contributed by atoms with Crippen LogP contribution >= 0.6 is 11.6 Å². The molecule has 0 aromatic heterocycles. The highest BCUT2D eigenvalue weighted by atomic mass is 35.5. The van der Waals surface area contributed by atoms with Gasteiger partial charge >= 0.3 is 5.97 Å². The molecule has 1 amide bonds. The van der Waals surface area contributed by atoms with Crippen LogP contribution in [0.3, 0.4) is 0 Å². The van der Waals surface area contributed by atoms with Crippen LogP contribution < -0.4 is 10.1 Å². The number of hydrogen-bond donors (Lipinski definition) is 1. The van der Waals surface area contributed by atoms with Crippen molar-refractivity contribution in [3.8, 4) is 5.75 Å². The molecule has 2 aromatic rings. The minimum Gasteiger partial charge on any atom is -0.494 e. The Morgan fingerprint density at radius 1 is 1.18 bits per heavy atom. The molecule has 0 spiro atoms. The number of carbonyl (C=O) groups is 2. The Kier molecular flexibility index (Phi) is 6.93. The molecule has 148 valence electrons. The van der Waals surface area contributed by atoms with E-state index < -0.39 is 12.1 Å². The number of carbonyl (C=O) groups excluding carboxylic acids is 2. The van der Waals surface area contributed by atoms with Gasteiger partial charge in [0, 0.05) is 23.0 Å². The Balaban J connectivity index is 1.49. The molecule has 28 heavy (non-hydrogen) atoms. The zero-order valence-electron chi connectivity index (χ0n) is 15.8. The SMILES string of the molecule is Cc1cc(OCCCC(=O)O[C@H](C(=O)NC2CC2)c2ccccc2)ccc1Cl. The lowest BCUT2D eigenvalue weighted by Gasteiger charge is -2.18. The van der Waals surface area contributed by atoms with E-state index in [9.17, 15) is 9.59 Å². The molecule has 1 aliphatic rings. The molecule has 0 aliphatic heterocycles. The highest BCUT2D eigenvalue weighted by Crippen LogP contribution is 2.24. The Morgan fingerprint density at radius 2 is 1.93 bits per heavy atom. The zero-order valence-corrected chi connectivity index (χ0v) is 16.6. The molecule has 0 heterocycles. The standard InChI is InChI=1S/C22H24ClNO4/c1-15-14-18(11-12-19(15)23)27-13-5-8-20(25)28-21(16-6-3-2-4-7-16)22(26)24-17-9-10-17/h2-4,6-7,11-12,14,17,21H,5,8-10,13H2,1H3,(H,24,26)/t21-/m0/s1. The number of hydrogen-bond acceptors (Lipinski definition) is 4. The minimum atomic E-state index is -0.922. The Morgan fingerprint density at radius 3 is 2.61 bits per heavy atom. The van der Waals surface area contributed by atoms with Crippen molar-refractivity contribution in [1.82, 2.24) is 5.32 Å². The van der Waals surface area contributed by atoms with Crippen LogP contribution in [0.25, 0.3) is 0 Å². The van der Waals surface area contributed by atoms with Crippen molar-refractivity contribution in [2.75, 3.05) is 6.61 Å². The first-order valence-electron chi connectivity index (χ1n) is 9.46. The number of aryl methyl sites for hydroxylation is 1. The van der Waals surface area contributed by atoms with Crippen LogP contribution in [-0.4, -0.2) is 24.5 Å². The van der Waals surface area contributed by atoms with Crippen LogP contribution in [0.1, 0.15) is 42.9 Å². The largest absolute Gasteiger partial charge is 0.494 e. The first-order chi connectivity index (χ1) is 13.5. The first kappa shape index (κ1) is 20.2. The highest BCUT2D eigenvalue weighted by Gasteiger charge is 2.30. The molecule has 5 nitrogen and oxygen atoms in total. The molecule has 2 aromatic carbocycles. The van der Waals surface area contributed by atoms with E-state index in [0.29, 0.717) is 29.4 Å². The van der Waals surface area contributed by atoms with E-state index in [0.717, 1.165) is 18.4 Å². The summed E-state index contributed by atoms with van der Waals surface area (Å²) in [5, 5.41) is 3.59. The highest BCUT2D eigenvalue weighted by molar-refractivity contribution is 6.31. The fourth-order valence-corrected chi connectivity index (χ4v) is 2.83. The molecule has 1 aliphatic carbocycles. The van der Waals surface area contributed by atoms with Crippen LogP contribution in [0.2, 0.25) is 5.02 Å². The maximum atomic E-state index is 12.5. The number of rotatable bonds is 9. The number of benzene rings is 2. The summed E-state index contributed by atoms with van der Waals surface area (Å²) in [5.41, 5.74) is 1.60. The lowest BCUT2D eigenvalue weighted by molar-refractivity contribution is -0.156. The van der Waals surface area contributed by atoms with E-state index in [2.05, 4.69) is 5.32 Å². The van der Waals surface area contributed by atoms with Crippen LogP contribution in [0.5, 0.6) is 5.75 Å². The van der Waals surface area contributed by atoms with Gasteiger partial charge in [0.2, 0.25) is 6.10 Å². The molecule has 3 rings (SSSR count). The van der Waals surface area contributed by atoms with Gasteiger partial charge in [0.25, 0.3) is 5.91 Å². The second-order valence-electron chi connectivity index (χ2n) is 6.93. The number of amides is 1. The van der Waals surface area contributed by atoms with Crippen LogP contribution in [-0.2, 0) is 14.3 Å². The molecule has 1 N–H and O–H groups in total. The van der Waals surface area contributed by atoms with Gasteiger partial charge in [-0.2, -0.15) is 0 Å². The molecule has 0 saturated heterocycles. The molecule has 0 radical (unpaired) electrons. The maximum Gasteiger partial charge on any atom is 0.307 e. The zero-order chi connectivity index (χ0) is 19.9. The van der Waals surface area contributed by atoms with Gasteiger partial charge in [-0.3, -0.25) is 9.59 Å². The van der Waals surface area contributed by atoms with Crippen molar-refractivity contribution < 1.29 is 19.1 Å². The van der Waals surface area contributed by atoms with Gasteiger partial charge in [0.05, 0.1) is 6.61 Å². The summed E-state index contributed by atoms with van der Waals surface area (Å²) in [7, 11) is 0. The summed E-state index contributed by atoms with van der Waals surface area (Å²) in [6.45, 7) is 2.28. The van der Waals surface area contributed by atoms with Crippen molar-refractivity contribution in [2.45, 2.75) is 44.8 Å². The van der Waals surface area contributed by atoms with Crippen molar-refractivity contribution >= 4 is 23.5 Å². The lowest BCUT2D eigenvalue weighted by Crippen LogP contribution is -2.33. The molecule has 0 bridgehead atoms. The summed E-state index contributed by atoms with van der Waals surface area (Å²) in [6, 6.07) is 14.7. The Bertz CT molecular complexity index is 821. The van der Waals surface area contributed by atoms with E-state index in [1.165, 1.54) is 0 Å². The third kappa shape index (κ3) is 5.99. The maximum absolute atomic E-state index is 12.5. The van der Waals surface area contributed by atoms with Gasteiger partial charge in [-0.25, -0.2) is 0 Å². The van der Waals surface area contributed by atoms with Gasteiger partial charge in [-0.05, 0) is 49.9 Å². The predicted molar refractivity (Wildman–Crippen MR) is 107 cm³/mol. The number of esters is 1. The normalized spacial score (nSPS) is 14.2. The third-order valence-electron chi connectivity index (χ3n) is 4.44. The van der Waals surface area contributed by atoms with Gasteiger partial charge in [-0.15, -0.1) is 0 Å². The molecule has 6 heteroatoms. The Labute approximate surface area is 170 Å². The van der Waals surface area contributed by atoms with Crippen molar-refractivity contribution in [3.63, 3.8) is 0 Å². The summed E-state index contributed by atoms with van der Waals surface area (Å²) in [4.78, 5) is 24.7. The van der Waals surface area contributed by atoms with Crippen LogP contribution in [0.15, 0.2) is 48.5 Å². The van der Waals surface area contributed by atoms with E-state index in [4.69, 9.17) is 21.1 Å².